The van der Waals surface area contributed by atoms with Crippen molar-refractivity contribution in [2.45, 2.75) is 96.7 Å². The molecule has 1 N–H and O–H groups in total. The van der Waals surface area contributed by atoms with Crippen LogP contribution in [0.1, 0.15) is 69.2 Å². The van der Waals surface area contributed by atoms with Gasteiger partial charge in [-0.15, -0.1) is 16.9 Å². The molecule has 25 heavy (non-hydrogen) atoms. The summed E-state index contributed by atoms with van der Waals surface area (Å²) in [5, 5.41) is 26.0. The number of azo groups is 2. The molecule has 0 aliphatic carbocycles. The summed E-state index contributed by atoms with van der Waals surface area (Å²) in [5.74, 6) is 0.109. The van der Waals surface area contributed by atoms with Gasteiger partial charge in [-0.1, -0.05) is 13.8 Å². The first-order valence-electron chi connectivity index (χ1n) is 8.46. The second-order valence-corrected chi connectivity index (χ2v) is 10.6. The number of hydrogen-bond donors (Lipinski definition) is 1. The quantitative estimate of drug-likeness (QED) is 0.436. The zero-order chi connectivity index (χ0) is 20.1. The lowest BCUT2D eigenvalue weighted by Gasteiger charge is -2.31. The summed E-state index contributed by atoms with van der Waals surface area (Å²) in [6.07, 6.45) is -2.26. The minimum absolute atomic E-state index is 0.109. The van der Waals surface area contributed by atoms with Crippen LogP contribution in [0.2, 0.25) is 0 Å². The van der Waals surface area contributed by atoms with E-state index in [0.717, 1.165) is 0 Å². The molecule has 8 heteroatoms. The second kappa shape index (κ2) is 8.96. The van der Waals surface area contributed by atoms with Crippen molar-refractivity contribution in [2.75, 3.05) is 0 Å². The minimum atomic E-state index is -1.36. The third-order valence-corrected chi connectivity index (χ3v) is 4.35. The maximum atomic E-state index is 11.1. The van der Waals surface area contributed by atoms with E-state index in [0.29, 0.717) is 0 Å². The molecule has 2 atom stereocenters. The highest BCUT2D eigenvalue weighted by Gasteiger charge is 2.35. The van der Waals surface area contributed by atoms with Crippen LogP contribution in [-0.4, -0.2) is 38.7 Å². The highest BCUT2D eigenvalue weighted by molar-refractivity contribution is 8.01. The minimum Gasteiger partial charge on any atom is -0.450 e. The standard InChI is InChI=1S/C17H34N4O3S/c1-11(2)12(25-17(9,10)21-20-16(6,7)8)13(24-14(22)23)18-19-15(3,4)5/h11-13H,1-10H3,(H,22,23). The van der Waals surface area contributed by atoms with Gasteiger partial charge in [0.1, 0.15) is 4.87 Å². The maximum Gasteiger partial charge on any atom is 0.507 e. The van der Waals surface area contributed by atoms with Crippen molar-refractivity contribution in [3.05, 3.63) is 0 Å². The predicted octanol–water partition coefficient (Wildman–Crippen LogP) is 6.00. The molecule has 146 valence electrons. The molecule has 0 aromatic heterocycles. The molecule has 0 spiro atoms. The smallest absolute Gasteiger partial charge is 0.450 e. The van der Waals surface area contributed by atoms with E-state index in [1.165, 1.54) is 11.8 Å². The molecule has 0 aliphatic heterocycles. The molecule has 0 aromatic carbocycles. The van der Waals surface area contributed by atoms with Crippen molar-refractivity contribution in [3.8, 4) is 0 Å². The van der Waals surface area contributed by atoms with Gasteiger partial charge < -0.3 is 9.84 Å². The van der Waals surface area contributed by atoms with Crippen molar-refractivity contribution < 1.29 is 14.6 Å². The molecule has 7 nitrogen and oxygen atoms in total. The maximum absolute atomic E-state index is 11.1. The Kier molecular flexibility index (Phi) is 8.54. The summed E-state index contributed by atoms with van der Waals surface area (Å²) >= 11 is 1.49. The molecule has 0 amide bonds. The van der Waals surface area contributed by atoms with Crippen molar-refractivity contribution in [1.82, 2.24) is 0 Å². The molecule has 0 aliphatic rings. The van der Waals surface area contributed by atoms with Gasteiger partial charge in [0.25, 0.3) is 0 Å². The zero-order valence-electron chi connectivity index (χ0n) is 17.2. The molecule has 0 fully saturated rings. The molecule has 2 unspecified atom stereocenters. The van der Waals surface area contributed by atoms with Gasteiger partial charge in [0.15, 0.2) is 0 Å². The van der Waals surface area contributed by atoms with Crippen LogP contribution in [0.15, 0.2) is 20.5 Å². The van der Waals surface area contributed by atoms with Gasteiger partial charge in [-0.2, -0.15) is 15.3 Å². The summed E-state index contributed by atoms with van der Waals surface area (Å²) < 4.78 is 5.02. The van der Waals surface area contributed by atoms with Crippen LogP contribution >= 0.6 is 11.8 Å². The molecule has 0 saturated carbocycles. The summed E-state index contributed by atoms with van der Waals surface area (Å²) in [6, 6.07) is 0. The number of carbonyl (C=O) groups is 1. The predicted molar refractivity (Wildman–Crippen MR) is 102 cm³/mol. The number of thioether (sulfide) groups is 1. The Morgan fingerprint density at radius 3 is 1.76 bits per heavy atom. The van der Waals surface area contributed by atoms with Crippen LogP contribution in [-0.2, 0) is 4.74 Å². The summed E-state index contributed by atoms with van der Waals surface area (Å²) in [5.41, 5.74) is -0.679. The normalized spacial score (nSPS) is 16.6. The highest BCUT2D eigenvalue weighted by Crippen LogP contribution is 2.38. The van der Waals surface area contributed by atoms with Gasteiger partial charge in [0.05, 0.1) is 16.3 Å². The van der Waals surface area contributed by atoms with Crippen molar-refractivity contribution in [3.63, 3.8) is 0 Å². The molecule has 0 aromatic rings. The molecule has 0 saturated heterocycles. The fourth-order valence-electron chi connectivity index (χ4n) is 1.64. The van der Waals surface area contributed by atoms with Crippen LogP contribution in [0.5, 0.6) is 0 Å². The van der Waals surface area contributed by atoms with E-state index in [-0.39, 0.29) is 16.7 Å². The van der Waals surface area contributed by atoms with E-state index in [1.54, 1.807) is 0 Å². The molecule has 0 radical (unpaired) electrons. The van der Waals surface area contributed by atoms with E-state index in [2.05, 4.69) is 20.5 Å². The van der Waals surface area contributed by atoms with E-state index in [9.17, 15) is 4.79 Å². The van der Waals surface area contributed by atoms with Crippen LogP contribution in [0.3, 0.4) is 0 Å². The first-order chi connectivity index (χ1) is 11.0. The average Bonchev–Trinajstić information content (AvgIpc) is 2.37. The van der Waals surface area contributed by atoms with Gasteiger partial charge in [0, 0.05) is 0 Å². The number of nitrogens with zero attached hydrogens (tertiary/aromatic N) is 4. The van der Waals surface area contributed by atoms with Gasteiger partial charge >= 0.3 is 6.16 Å². The molecule has 0 bridgehead atoms. The second-order valence-electron chi connectivity index (χ2n) is 8.80. The Bertz CT molecular complexity index is 491. The summed E-state index contributed by atoms with van der Waals surface area (Å²) in [6.45, 7) is 19.5. The first-order valence-corrected chi connectivity index (χ1v) is 9.34. The summed E-state index contributed by atoms with van der Waals surface area (Å²) in [7, 11) is 0. The largest absolute Gasteiger partial charge is 0.507 e. The Morgan fingerprint density at radius 2 is 1.40 bits per heavy atom. The number of carboxylic acid groups (broad SMARTS) is 1. The van der Waals surface area contributed by atoms with Gasteiger partial charge in [-0.05, 0) is 61.3 Å². The van der Waals surface area contributed by atoms with Gasteiger partial charge in [-0.3, -0.25) is 0 Å². The fourth-order valence-corrected chi connectivity index (χ4v) is 2.89. The molecule has 0 heterocycles. The highest BCUT2D eigenvalue weighted by atomic mass is 32.2. The Hall–Kier alpha value is -1.18. The lowest BCUT2D eigenvalue weighted by molar-refractivity contribution is 0.0453. The van der Waals surface area contributed by atoms with E-state index < -0.39 is 22.8 Å². The fraction of sp³-hybridized carbons (Fsp3) is 0.941. The lowest BCUT2D eigenvalue weighted by Crippen LogP contribution is -2.35. The van der Waals surface area contributed by atoms with Crippen molar-refractivity contribution in [2.24, 2.45) is 26.4 Å². The van der Waals surface area contributed by atoms with E-state index in [4.69, 9.17) is 9.84 Å². The van der Waals surface area contributed by atoms with Gasteiger partial charge in [-0.25, -0.2) is 4.79 Å². The van der Waals surface area contributed by atoms with Crippen molar-refractivity contribution >= 4 is 17.9 Å². The SMILES string of the molecule is CC(C)C(SC(C)(C)N=NC(C)(C)C)C(N=NC(C)(C)C)OC(=O)O. The zero-order valence-corrected chi connectivity index (χ0v) is 18.0. The van der Waals surface area contributed by atoms with Crippen LogP contribution in [0.4, 0.5) is 4.79 Å². The lowest BCUT2D eigenvalue weighted by atomic mass is 10.1. The Labute approximate surface area is 156 Å². The van der Waals surface area contributed by atoms with Gasteiger partial charge in [0.2, 0.25) is 6.23 Å². The molecular weight excluding hydrogens is 340 g/mol. The first kappa shape index (κ1) is 23.8. The number of rotatable bonds is 7. The van der Waals surface area contributed by atoms with Crippen molar-refractivity contribution in [1.29, 1.82) is 0 Å². The topological polar surface area (TPSA) is 96.0 Å². The van der Waals surface area contributed by atoms with Crippen LogP contribution < -0.4 is 0 Å². The Morgan fingerprint density at radius 1 is 0.920 bits per heavy atom. The molecule has 0 rings (SSSR count). The monoisotopic (exact) mass is 374 g/mol. The summed E-state index contributed by atoms with van der Waals surface area (Å²) in [4.78, 5) is 10.6. The molecular formula is C17H34N4O3S. The van der Waals surface area contributed by atoms with E-state index >= 15 is 0 Å². The van der Waals surface area contributed by atoms with Crippen LogP contribution in [0, 0.1) is 5.92 Å². The average molecular weight is 375 g/mol. The van der Waals surface area contributed by atoms with Crippen LogP contribution in [0.25, 0.3) is 0 Å². The third-order valence-electron chi connectivity index (χ3n) is 2.65. The number of hydrogen-bond acceptors (Lipinski definition) is 7. The Balaban J connectivity index is 5.52. The third kappa shape index (κ3) is 11.9. The number of ether oxygens (including phenoxy) is 1. The van der Waals surface area contributed by atoms with E-state index in [1.807, 2.05) is 69.2 Å².